The number of halogens is 1. The predicted octanol–water partition coefficient (Wildman–Crippen LogP) is 3.96. The van der Waals surface area contributed by atoms with E-state index in [1.54, 1.807) is 30.9 Å². The molecule has 5 heterocycles. The Hall–Kier alpha value is -4.59. The molecule has 0 saturated carbocycles. The van der Waals surface area contributed by atoms with Crippen molar-refractivity contribution in [3.63, 3.8) is 0 Å². The molecule has 8 heteroatoms. The maximum Gasteiger partial charge on any atom is 0.123 e. The van der Waals surface area contributed by atoms with Crippen LogP contribution in [-0.4, -0.2) is 38.9 Å². The second kappa shape index (κ2) is 8.40. The number of aromatic nitrogens is 4. The Bertz CT molecular complexity index is 1510. The minimum Gasteiger partial charge on any atom is -0.386 e. The van der Waals surface area contributed by atoms with Crippen LogP contribution in [0.15, 0.2) is 96.1 Å². The lowest BCUT2D eigenvalue weighted by atomic mass is 9.96. The highest BCUT2D eigenvalue weighted by Gasteiger charge is 2.22. The molecule has 0 radical (unpaired) electrons. The smallest absolute Gasteiger partial charge is 0.123 e. The summed E-state index contributed by atoms with van der Waals surface area (Å²) in [4.78, 5) is 21.0. The van der Waals surface area contributed by atoms with Gasteiger partial charge in [0.25, 0.3) is 0 Å². The van der Waals surface area contributed by atoms with Gasteiger partial charge in [0.05, 0.1) is 28.8 Å². The fourth-order valence-corrected chi connectivity index (χ4v) is 4.28. The van der Waals surface area contributed by atoms with Crippen molar-refractivity contribution in [1.29, 1.82) is 0 Å². The van der Waals surface area contributed by atoms with Crippen molar-refractivity contribution in [2.45, 2.75) is 0 Å². The van der Waals surface area contributed by atoms with Gasteiger partial charge in [0.1, 0.15) is 18.8 Å². The van der Waals surface area contributed by atoms with E-state index in [9.17, 15) is 4.39 Å². The number of allylic oxidation sites excluding steroid dienone is 3. The Balaban J connectivity index is 1.48. The molecule has 34 heavy (non-hydrogen) atoms. The zero-order valence-electron chi connectivity index (χ0n) is 18.1. The zero-order valence-corrected chi connectivity index (χ0v) is 18.1. The number of aromatic amines is 1. The van der Waals surface area contributed by atoms with Gasteiger partial charge in [-0.1, -0.05) is 18.2 Å². The van der Waals surface area contributed by atoms with Crippen molar-refractivity contribution in [2.75, 3.05) is 13.2 Å². The van der Waals surface area contributed by atoms with E-state index >= 15 is 0 Å². The molecule has 0 amide bonds. The number of rotatable bonds is 3. The summed E-state index contributed by atoms with van der Waals surface area (Å²) in [6.45, 7) is 1.14. The van der Waals surface area contributed by atoms with Gasteiger partial charge in [-0.2, -0.15) is 0 Å². The number of fused-ring (bicyclic) bond motifs is 2. The molecular weight excluding hydrogens is 429 g/mol. The molecule has 0 atom stereocenters. The number of nitrogens with one attached hydrogen (secondary N) is 3. The van der Waals surface area contributed by atoms with Crippen LogP contribution in [0.25, 0.3) is 27.6 Å². The number of H-pyrrole nitrogens is 1. The lowest BCUT2D eigenvalue weighted by Crippen LogP contribution is -2.29. The van der Waals surface area contributed by atoms with Crippen molar-refractivity contribution < 1.29 is 4.39 Å². The van der Waals surface area contributed by atoms with Gasteiger partial charge in [-0.15, -0.1) is 0 Å². The highest BCUT2D eigenvalue weighted by molar-refractivity contribution is 6.18. The van der Waals surface area contributed by atoms with Gasteiger partial charge in [0.2, 0.25) is 0 Å². The molecule has 2 aliphatic rings. The van der Waals surface area contributed by atoms with Gasteiger partial charge < -0.3 is 15.6 Å². The monoisotopic (exact) mass is 449 g/mol. The molecule has 6 rings (SSSR count). The number of hydrogen-bond acceptors (Lipinski definition) is 6. The molecule has 7 nitrogen and oxygen atoms in total. The Morgan fingerprint density at radius 1 is 0.941 bits per heavy atom. The topological polar surface area (TPSA) is 90.9 Å². The van der Waals surface area contributed by atoms with Gasteiger partial charge in [0.15, 0.2) is 0 Å². The SMILES string of the molecule is Fc1cccc(-c2cncc3[nH]c(C4=NCN/C5=C/NC\C=C(c6cncnc6)/C=C/45)cc23)c1. The first-order valence-corrected chi connectivity index (χ1v) is 10.9. The molecule has 0 bridgehead atoms. The van der Waals surface area contributed by atoms with Crippen LogP contribution < -0.4 is 10.6 Å². The molecule has 0 unspecified atom stereocenters. The summed E-state index contributed by atoms with van der Waals surface area (Å²) in [7, 11) is 0. The van der Waals surface area contributed by atoms with Crippen molar-refractivity contribution >= 4 is 22.2 Å². The Morgan fingerprint density at radius 2 is 1.85 bits per heavy atom. The zero-order chi connectivity index (χ0) is 22.9. The maximum atomic E-state index is 13.9. The van der Waals surface area contributed by atoms with Crippen LogP contribution in [0.4, 0.5) is 4.39 Å². The lowest BCUT2D eigenvalue weighted by molar-refractivity contribution is 0.628. The second-order valence-corrected chi connectivity index (χ2v) is 7.99. The van der Waals surface area contributed by atoms with Crippen LogP contribution >= 0.6 is 0 Å². The molecular formula is C26H20FN7. The maximum absolute atomic E-state index is 13.9. The average molecular weight is 449 g/mol. The summed E-state index contributed by atoms with van der Waals surface area (Å²) in [6, 6.07) is 8.61. The lowest BCUT2D eigenvalue weighted by Gasteiger charge is -2.22. The normalized spacial score (nSPS) is 20.1. The fraction of sp³-hybridized carbons (Fsp3) is 0.0769. The first-order valence-electron chi connectivity index (χ1n) is 10.9. The summed E-state index contributed by atoms with van der Waals surface area (Å²) < 4.78 is 13.9. The van der Waals surface area contributed by atoms with Crippen molar-refractivity contribution in [3.05, 3.63) is 108 Å². The number of nitrogens with zero attached hydrogens (tertiary/aromatic N) is 4. The molecule has 0 aliphatic carbocycles. The highest BCUT2D eigenvalue weighted by atomic mass is 19.1. The van der Waals surface area contributed by atoms with E-state index in [-0.39, 0.29) is 5.82 Å². The Kier molecular flexibility index (Phi) is 4.95. The number of hydrogen-bond donors (Lipinski definition) is 3. The van der Waals surface area contributed by atoms with Crippen LogP contribution in [0.1, 0.15) is 11.3 Å². The highest BCUT2D eigenvalue weighted by Crippen LogP contribution is 2.31. The Labute approximate surface area is 194 Å². The summed E-state index contributed by atoms with van der Waals surface area (Å²) in [5, 5.41) is 7.64. The van der Waals surface area contributed by atoms with E-state index in [1.165, 1.54) is 18.5 Å². The van der Waals surface area contributed by atoms with Crippen molar-refractivity contribution in [3.8, 4) is 11.1 Å². The van der Waals surface area contributed by atoms with Gasteiger partial charge in [-0.3, -0.25) is 9.98 Å². The number of benzene rings is 1. The van der Waals surface area contributed by atoms with E-state index in [4.69, 9.17) is 4.99 Å². The molecule has 0 spiro atoms. The second-order valence-electron chi connectivity index (χ2n) is 7.99. The quantitative estimate of drug-likeness (QED) is 0.440. The van der Waals surface area contributed by atoms with Crippen LogP contribution in [0, 0.1) is 5.82 Å². The standard InChI is InChI=1S/C26H20FN7/c27-19-3-1-2-17(6-19)22-11-29-13-25-20(22)8-23(34-25)26-21-7-16(18-9-30-14-31-10-18)4-5-28-12-24(21)32-15-33-26/h1-4,6-14,28,32,34H,5,15H2/b16-4+,21-7+,24-12+. The summed E-state index contributed by atoms with van der Waals surface area (Å²) in [5.74, 6) is -0.279. The molecule has 1 aromatic carbocycles. The van der Waals surface area contributed by atoms with Gasteiger partial charge in [-0.05, 0) is 35.4 Å². The molecule has 0 fully saturated rings. The molecule has 2 aliphatic heterocycles. The third kappa shape index (κ3) is 3.65. The fourth-order valence-electron chi connectivity index (χ4n) is 4.28. The van der Waals surface area contributed by atoms with Gasteiger partial charge >= 0.3 is 0 Å². The first-order chi connectivity index (χ1) is 16.8. The third-order valence-corrected chi connectivity index (χ3v) is 5.87. The van der Waals surface area contributed by atoms with E-state index < -0.39 is 0 Å². The van der Waals surface area contributed by atoms with Crippen molar-refractivity contribution in [2.24, 2.45) is 4.99 Å². The summed E-state index contributed by atoms with van der Waals surface area (Å²) >= 11 is 0. The first kappa shape index (κ1) is 20.0. The Morgan fingerprint density at radius 3 is 2.74 bits per heavy atom. The van der Waals surface area contributed by atoms with Crippen LogP contribution in [0.2, 0.25) is 0 Å². The molecule has 3 N–H and O–H groups in total. The van der Waals surface area contributed by atoms with E-state index in [2.05, 4.69) is 48.8 Å². The van der Waals surface area contributed by atoms with Crippen LogP contribution in [-0.2, 0) is 0 Å². The minimum absolute atomic E-state index is 0.279. The molecule has 4 aromatic rings. The number of aliphatic imine (C=N–C) groups is 1. The molecule has 166 valence electrons. The van der Waals surface area contributed by atoms with Crippen LogP contribution in [0.3, 0.4) is 0 Å². The van der Waals surface area contributed by atoms with E-state index in [1.807, 2.05) is 12.3 Å². The predicted molar refractivity (Wildman–Crippen MR) is 130 cm³/mol. The van der Waals surface area contributed by atoms with Crippen LogP contribution in [0.5, 0.6) is 0 Å². The number of pyridine rings is 1. The third-order valence-electron chi connectivity index (χ3n) is 5.87. The van der Waals surface area contributed by atoms with Crippen molar-refractivity contribution in [1.82, 2.24) is 30.6 Å². The van der Waals surface area contributed by atoms with Gasteiger partial charge in [-0.25, -0.2) is 14.4 Å². The molecule has 3 aromatic heterocycles. The van der Waals surface area contributed by atoms with Gasteiger partial charge in [0, 0.05) is 53.4 Å². The minimum atomic E-state index is -0.279. The molecule has 0 saturated heterocycles. The van der Waals surface area contributed by atoms with E-state index in [0.29, 0.717) is 13.2 Å². The largest absolute Gasteiger partial charge is 0.386 e. The summed E-state index contributed by atoms with van der Waals surface area (Å²) in [5.41, 5.74) is 8.03. The summed E-state index contributed by atoms with van der Waals surface area (Å²) in [6.07, 6.45) is 14.8. The average Bonchev–Trinajstić information content (AvgIpc) is 3.29. The van der Waals surface area contributed by atoms with E-state index in [0.717, 1.165) is 55.8 Å².